The van der Waals surface area contributed by atoms with Gasteiger partial charge in [-0.25, -0.2) is 9.78 Å². The summed E-state index contributed by atoms with van der Waals surface area (Å²) in [5.41, 5.74) is 5.76. The maximum absolute atomic E-state index is 10.8. The van der Waals surface area contributed by atoms with E-state index >= 15 is 0 Å². The van der Waals surface area contributed by atoms with Gasteiger partial charge in [-0.15, -0.1) is 0 Å². The molecule has 2 rings (SSSR count). The van der Waals surface area contributed by atoms with Crippen LogP contribution in [-0.2, 0) is 0 Å². The fourth-order valence-corrected chi connectivity index (χ4v) is 1.94. The summed E-state index contributed by atoms with van der Waals surface area (Å²) in [7, 11) is 0. The molecule has 0 unspecified atom stereocenters. The van der Waals surface area contributed by atoms with Crippen LogP contribution in [-0.4, -0.2) is 32.9 Å². The molecule has 0 spiro atoms. The maximum atomic E-state index is 10.8. The molecule has 5 N–H and O–H groups in total. The van der Waals surface area contributed by atoms with Crippen LogP contribution < -0.4 is 11.4 Å². The molecule has 1 aromatic rings. The Balaban J connectivity index is 2.22. The second-order valence-corrected chi connectivity index (χ2v) is 3.83. The van der Waals surface area contributed by atoms with Gasteiger partial charge >= 0.3 is 5.69 Å². The van der Waals surface area contributed by atoms with Crippen LogP contribution in [0.25, 0.3) is 0 Å². The number of aromatic nitrogens is 2. The third-order valence-corrected chi connectivity index (χ3v) is 2.96. The van der Waals surface area contributed by atoms with Gasteiger partial charge in [-0.2, -0.15) is 0 Å². The smallest absolute Gasteiger partial charge is 0.346 e. The van der Waals surface area contributed by atoms with E-state index in [1.54, 1.807) is 0 Å². The van der Waals surface area contributed by atoms with E-state index in [-0.39, 0.29) is 24.3 Å². The fraction of sp³-hybridized carbons (Fsp3) is 0.556. The molecule has 1 aromatic heterocycles. The Morgan fingerprint density at radius 1 is 1.67 bits per heavy atom. The lowest BCUT2D eigenvalue weighted by Gasteiger charge is -2.40. The summed E-state index contributed by atoms with van der Waals surface area (Å²) in [6, 6.07) is 0. The van der Waals surface area contributed by atoms with Crippen LogP contribution in [0.1, 0.15) is 17.9 Å². The Hall–Kier alpha value is -1.40. The standard InChI is InChI=1S/C9H13N3O3/c10-8-6(2-11-9(15)12-8)5-1-4(3-13)7(5)14/h2,4-5,7,13-14H,1,3H2,(H3,10,11,12,15)/t4-,5+,7-/m0/s1. The molecule has 15 heavy (non-hydrogen) atoms. The number of aliphatic hydroxyl groups excluding tert-OH is 2. The summed E-state index contributed by atoms with van der Waals surface area (Å²) in [6.07, 6.45) is 1.44. The van der Waals surface area contributed by atoms with Gasteiger partial charge in [-0.1, -0.05) is 0 Å². The molecule has 1 fully saturated rings. The first-order valence-corrected chi connectivity index (χ1v) is 4.77. The first kappa shape index (κ1) is 10.1. The van der Waals surface area contributed by atoms with Gasteiger partial charge in [0.2, 0.25) is 0 Å². The minimum Gasteiger partial charge on any atom is -0.396 e. The van der Waals surface area contributed by atoms with Gasteiger partial charge in [0.05, 0.1) is 6.10 Å². The van der Waals surface area contributed by atoms with Gasteiger partial charge < -0.3 is 15.9 Å². The van der Waals surface area contributed by atoms with Crippen LogP contribution >= 0.6 is 0 Å². The van der Waals surface area contributed by atoms with Crippen molar-refractivity contribution in [3.8, 4) is 0 Å². The normalized spacial score (nSPS) is 29.9. The molecule has 1 aliphatic carbocycles. The summed E-state index contributed by atoms with van der Waals surface area (Å²) < 4.78 is 0. The van der Waals surface area contributed by atoms with E-state index in [4.69, 9.17) is 10.8 Å². The van der Waals surface area contributed by atoms with Gasteiger partial charge in [-0.05, 0) is 6.42 Å². The lowest BCUT2D eigenvalue weighted by atomic mass is 9.69. The Kier molecular flexibility index (Phi) is 2.45. The van der Waals surface area contributed by atoms with Crippen LogP contribution in [0.15, 0.2) is 11.0 Å². The molecular weight excluding hydrogens is 198 g/mol. The first-order valence-electron chi connectivity index (χ1n) is 4.77. The van der Waals surface area contributed by atoms with Crippen molar-refractivity contribution in [1.29, 1.82) is 0 Å². The largest absolute Gasteiger partial charge is 0.396 e. The number of anilines is 1. The second-order valence-electron chi connectivity index (χ2n) is 3.83. The molecule has 0 radical (unpaired) electrons. The predicted molar refractivity (Wildman–Crippen MR) is 53.2 cm³/mol. The van der Waals surface area contributed by atoms with Crippen molar-refractivity contribution < 1.29 is 10.2 Å². The topological polar surface area (TPSA) is 112 Å². The molecule has 1 aliphatic rings. The van der Waals surface area contributed by atoms with E-state index in [2.05, 4.69) is 9.97 Å². The number of nitrogens with one attached hydrogen (secondary N) is 1. The summed E-state index contributed by atoms with van der Waals surface area (Å²) in [6.45, 7) is -0.0334. The predicted octanol–water partition coefficient (Wildman–Crippen LogP) is -1.19. The Morgan fingerprint density at radius 2 is 2.40 bits per heavy atom. The second kappa shape index (κ2) is 3.63. The van der Waals surface area contributed by atoms with Crippen LogP contribution in [0.5, 0.6) is 0 Å². The van der Waals surface area contributed by atoms with Crippen molar-refractivity contribution in [3.05, 3.63) is 22.2 Å². The summed E-state index contributed by atoms with van der Waals surface area (Å²) in [5, 5.41) is 18.5. The number of nitrogens with two attached hydrogens (primary N) is 1. The molecule has 0 bridgehead atoms. The molecule has 82 valence electrons. The summed E-state index contributed by atoms with van der Waals surface area (Å²) in [4.78, 5) is 16.8. The van der Waals surface area contributed by atoms with Gasteiger partial charge in [0.15, 0.2) is 0 Å². The maximum Gasteiger partial charge on any atom is 0.346 e. The zero-order valence-electron chi connectivity index (χ0n) is 8.05. The Bertz CT molecular complexity index is 417. The van der Waals surface area contributed by atoms with Crippen molar-refractivity contribution in [2.75, 3.05) is 12.3 Å². The lowest BCUT2D eigenvalue weighted by molar-refractivity contribution is -0.0301. The average Bonchev–Trinajstić information content (AvgIpc) is 2.20. The highest BCUT2D eigenvalue weighted by atomic mass is 16.3. The van der Waals surface area contributed by atoms with Crippen molar-refractivity contribution in [1.82, 2.24) is 9.97 Å². The van der Waals surface area contributed by atoms with Crippen LogP contribution in [0.2, 0.25) is 0 Å². The number of nitrogens with zero attached hydrogens (tertiary/aromatic N) is 1. The Labute approximate surface area is 85.8 Å². The minimum atomic E-state index is -0.606. The fourth-order valence-electron chi connectivity index (χ4n) is 1.94. The van der Waals surface area contributed by atoms with E-state index in [9.17, 15) is 9.90 Å². The Morgan fingerprint density at radius 3 is 2.93 bits per heavy atom. The molecule has 1 saturated carbocycles. The summed E-state index contributed by atoms with van der Waals surface area (Å²) in [5.74, 6) is 0.0169. The van der Waals surface area contributed by atoms with Crippen LogP contribution in [0, 0.1) is 5.92 Å². The molecule has 1 heterocycles. The number of aliphatic hydroxyl groups is 2. The van der Waals surface area contributed by atoms with Crippen molar-refractivity contribution in [3.63, 3.8) is 0 Å². The lowest BCUT2D eigenvalue weighted by Crippen LogP contribution is -2.42. The van der Waals surface area contributed by atoms with Crippen molar-refractivity contribution >= 4 is 5.82 Å². The third-order valence-electron chi connectivity index (χ3n) is 2.96. The van der Waals surface area contributed by atoms with E-state index in [1.807, 2.05) is 0 Å². The van der Waals surface area contributed by atoms with Crippen molar-refractivity contribution in [2.45, 2.75) is 18.4 Å². The van der Waals surface area contributed by atoms with E-state index in [0.717, 1.165) is 0 Å². The number of H-pyrrole nitrogens is 1. The van der Waals surface area contributed by atoms with E-state index < -0.39 is 11.8 Å². The molecule has 0 aliphatic heterocycles. The number of hydrogen-bond donors (Lipinski definition) is 4. The highest BCUT2D eigenvalue weighted by molar-refractivity contribution is 5.41. The monoisotopic (exact) mass is 211 g/mol. The number of nitrogen functional groups attached to an aromatic ring is 1. The molecule has 0 amide bonds. The van der Waals surface area contributed by atoms with E-state index in [1.165, 1.54) is 6.20 Å². The molecule has 6 nitrogen and oxygen atoms in total. The quantitative estimate of drug-likeness (QED) is 0.491. The molecule has 3 atom stereocenters. The SMILES string of the molecule is Nc1[nH]c(=O)ncc1[C@H]1C[C@@H](CO)[C@@H]1O. The van der Waals surface area contributed by atoms with Crippen molar-refractivity contribution in [2.24, 2.45) is 5.92 Å². The van der Waals surface area contributed by atoms with Crippen LogP contribution in [0.4, 0.5) is 5.82 Å². The van der Waals surface area contributed by atoms with Crippen LogP contribution in [0.3, 0.4) is 0 Å². The molecular formula is C9H13N3O3. The number of aromatic amines is 1. The first-order chi connectivity index (χ1) is 7.13. The number of rotatable bonds is 2. The van der Waals surface area contributed by atoms with Gasteiger partial charge in [-0.3, -0.25) is 4.98 Å². The van der Waals surface area contributed by atoms with Gasteiger partial charge in [0.25, 0.3) is 0 Å². The highest BCUT2D eigenvalue weighted by Crippen LogP contribution is 2.42. The third kappa shape index (κ3) is 1.62. The molecule has 6 heteroatoms. The van der Waals surface area contributed by atoms with Gasteiger partial charge in [0.1, 0.15) is 5.82 Å². The number of hydrogen-bond acceptors (Lipinski definition) is 5. The zero-order valence-corrected chi connectivity index (χ0v) is 8.05. The molecule has 0 aromatic carbocycles. The summed E-state index contributed by atoms with van der Waals surface area (Å²) >= 11 is 0. The highest BCUT2D eigenvalue weighted by Gasteiger charge is 2.41. The van der Waals surface area contributed by atoms with E-state index in [0.29, 0.717) is 12.0 Å². The molecule has 0 saturated heterocycles. The average molecular weight is 211 g/mol. The van der Waals surface area contributed by atoms with Gasteiger partial charge in [0, 0.05) is 30.2 Å². The zero-order chi connectivity index (χ0) is 11.0. The minimum absolute atomic E-state index is 0.0334.